The van der Waals surface area contributed by atoms with Gasteiger partial charge in [-0.2, -0.15) is 0 Å². The molecule has 1 saturated carbocycles. The van der Waals surface area contributed by atoms with Crippen molar-refractivity contribution in [2.24, 2.45) is 0 Å². The van der Waals surface area contributed by atoms with Gasteiger partial charge >= 0.3 is 0 Å². The molecule has 17 heavy (non-hydrogen) atoms. The molecule has 0 saturated heterocycles. The molecule has 0 heterocycles. The summed E-state index contributed by atoms with van der Waals surface area (Å²) >= 11 is 0. The van der Waals surface area contributed by atoms with Gasteiger partial charge in [-0.1, -0.05) is 63.4 Å². The number of hydrogen-bond donors (Lipinski definition) is 1. The number of rotatable bonds is 2. The van der Waals surface area contributed by atoms with E-state index in [9.17, 15) is 5.11 Å². The molecule has 100 valence electrons. The van der Waals surface area contributed by atoms with Gasteiger partial charge in [0.25, 0.3) is 0 Å². The maximum Gasteiger partial charge on any atom is 0.0684 e. The van der Waals surface area contributed by atoms with Crippen LogP contribution in [0.3, 0.4) is 0 Å². The highest BCUT2D eigenvalue weighted by Gasteiger charge is 2.25. The van der Waals surface area contributed by atoms with Crippen molar-refractivity contribution in [2.75, 3.05) is 0 Å². The average molecular weight is 238 g/mol. The lowest BCUT2D eigenvalue weighted by molar-refractivity contribution is 0.0179. The van der Waals surface area contributed by atoms with E-state index in [0.717, 1.165) is 24.8 Å². The number of hydrogen-bond acceptors (Lipinski definition) is 1. The fourth-order valence-electron chi connectivity index (χ4n) is 3.01. The molecule has 0 radical (unpaired) electrons. The Morgan fingerprint density at radius 3 is 1.59 bits per heavy atom. The zero-order chi connectivity index (χ0) is 12.6. The van der Waals surface area contributed by atoms with E-state index in [4.69, 9.17) is 0 Å². The molecule has 0 atom stereocenters. The SMILES string of the molecule is C=C(C)CC1(O)CCCCCCCCCCC1. The summed E-state index contributed by atoms with van der Waals surface area (Å²) < 4.78 is 0. The fraction of sp³-hybridized carbons (Fsp3) is 0.875. The second-order valence-corrected chi connectivity index (χ2v) is 6.04. The third-order valence-corrected chi connectivity index (χ3v) is 3.92. The van der Waals surface area contributed by atoms with Crippen molar-refractivity contribution in [3.8, 4) is 0 Å². The van der Waals surface area contributed by atoms with Crippen LogP contribution in [0, 0.1) is 0 Å². The molecule has 0 aliphatic heterocycles. The quantitative estimate of drug-likeness (QED) is 0.672. The van der Waals surface area contributed by atoms with Gasteiger partial charge in [-0.3, -0.25) is 0 Å². The van der Waals surface area contributed by atoms with Gasteiger partial charge in [-0.15, -0.1) is 6.58 Å². The van der Waals surface area contributed by atoms with Gasteiger partial charge in [-0.05, 0) is 26.2 Å². The summed E-state index contributed by atoms with van der Waals surface area (Å²) in [4.78, 5) is 0. The normalized spacial score (nSPS) is 23.4. The zero-order valence-electron chi connectivity index (χ0n) is 11.6. The summed E-state index contributed by atoms with van der Waals surface area (Å²) in [6.45, 7) is 6.00. The van der Waals surface area contributed by atoms with Crippen LogP contribution >= 0.6 is 0 Å². The molecule has 0 amide bonds. The van der Waals surface area contributed by atoms with Crippen molar-refractivity contribution in [1.82, 2.24) is 0 Å². The lowest BCUT2D eigenvalue weighted by atomic mass is 9.84. The molecule has 1 heteroatoms. The Morgan fingerprint density at radius 1 is 0.882 bits per heavy atom. The van der Waals surface area contributed by atoms with E-state index in [2.05, 4.69) is 6.58 Å². The van der Waals surface area contributed by atoms with Gasteiger partial charge in [0.05, 0.1) is 5.60 Å². The first kappa shape index (κ1) is 14.8. The molecular weight excluding hydrogens is 208 g/mol. The van der Waals surface area contributed by atoms with Crippen LogP contribution in [-0.4, -0.2) is 10.7 Å². The standard InChI is InChI=1S/C16H30O/c1-15(2)14-16(17)12-10-8-6-4-3-5-7-9-11-13-16/h17H,1,3-14H2,2H3. The van der Waals surface area contributed by atoms with Crippen LogP contribution in [0.15, 0.2) is 12.2 Å². The highest BCUT2D eigenvalue weighted by atomic mass is 16.3. The van der Waals surface area contributed by atoms with Crippen LogP contribution in [0.1, 0.15) is 84.0 Å². The van der Waals surface area contributed by atoms with Crippen molar-refractivity contribution in [1.29, 1.82) is 0 Å². The molecule has 1 nitrogen and oxygen atoms in total. The van der Waals surface area contributed by atoms with Crippen molar-refractivity contribution >= 4 is 0 Å². The van der Waals surface area contributed by atoms with E-state index in [1.807, 2.05) is 6.92 Å². The topological polar surface area (TPSA) is 20.2 Å². The van der Waals surface area contributed by atoms with Crippen molar-refractivity contribution in [3.63, 3.8) is 0 Å². The predicted octanol–water partition coefficient (Wildman–Crippen LogP) is 4.99. The monoisotopic (exact) mass is 238 g/mol. The summed E-state index contributed by atoms with van der Waals surface area (Å²) in [6, 6.07) is 0. The molecule has 1 aliphatic carbocycles. The number of aliphatic hydroxyl groups is 1. The lowest BCUT2D eigenvalue weighted by Crippen LogP contribution is -2.29. The van der Waals surface area contributed by atoms with Gasteiger partial charge in [0.1, 0.15) is 0 Å². The Kier molecular flexibility index (Phi) is 6.87. The van der Waals surface area contributed by atoms with Crippen LogP contribution in [0.5, 0.6) is 0 Å². The molecule has 1 fully saturated rings. The summed E-state index contributed by atoms with van der Waals surface area (Å²) in [7, 11) is 0. The molecule has 0 aromatic heterocycles. The summed E-state index contributed by atoms with van der Waals surface area (Å²) in [5.41, 5.74) is 0.671. The zero-order valence-corrected chi connectivity index (χ0v) is 11.6. The maximum atomic E-state index is 10.7. The van der Waals surface area contributed by atoms with Gasteiger partial charge < -0.3 is 5.11 Å². The van der Waals surface area contributed by atoms with Gasteiger partial charge in [0.2, 0.25) is 0 Å². The Balaban J connectivity index is 2.44. The Bertz CT molecular complexity index is 208. The van der Waals surface area contributed by atoms with E-state index < -0.39 is 5.60 Å². The summed E-state index contributed by atoms with van der Waals surface area (Å²) in [6.07, 6.45) is 14.6. The second kappa shape index (κ2) is 7.92. The van der Waals surface area contributed by atoms with E-state index in [1.54, 1.807) is 0 Å². The van der Waals surface area contributed by atoms with Crippen LogP contribution in [0.2, 0.25) is 0 Å². The maximum absolute atomic E-state index is 10.7. The molecule has 1 rings (SSSR count). The molecule has 1 N–H and O–H groups in total. The van der Waals surface area contributed by atoms with Crippen LogP contribution in [0.25, 0.3) is 0 Å². The van der Waals surface area contributed by atoms with Crippen molar-refractivity contribution in [2.45, 2.75) is 89.6 Å². The Morgan fingerprint density at radius 2 is 1.24 bits per heavy atom. The fourth-order valence-corrected chi connectivity index (χ4v) is 3.01. The summed E-state index contributed by atoms with van der Waals surface area (Å²) in [5, 5.41) is 10.7. The third kappa shape index (κ3) is 6.88. The second-order valence-electron chi connectivity index (χ2n) is 6.04. The van der Waals surface area contributed by atoms with E-state index in [1.165, 1.54) is 57.8 Å². The predicted molar refractivity (Wildman–Crippen MR) is 75.2 cm³/mol. The average Bonchev–Trinajstić information content (AvgIpc) is 2.22. The van der Waals surface area contributed by atoms with E-state index in [0.29, 0.717) is 0 Å². The van der Waals surface area contributed by atoms with Crippen molar-refractivity contribution < 1.29 is 5.11 Å². The van der Waals surface area contributed by atoms with Crippen LogP contribution < -0.4 is 0 Å². The molecule has 0 unspecified atom stereocenters. The highest BCUT2D eigenvalue weighted by Crippen LogP contribution is 2.29. The molecule has 0 bridgehead atoms. The molecule has 1 aliphatic rings. The molecular formula is C16H30O. The minimum absolute atomic E-state index is 0.453. The van der Waals surface area contributed by atoms with Gasteiger partial charge in [0.15, 0.2) is 0 Å². The van der Waals surface area contributed by atoms with Crippen LogP contribution in [-0.2, 0) is 0 Å². The largest absolute Gasteiger partial charge is 0.390 e. The smallest absolute Gasteiger partial charge is 0.0684 e. The third-order valence-electron chi connectivity index (χ3n) is 3.92. The van der Waals surface area contributed by atoms with Gasteiger partial charge in [0, 0.05) is 0 Å². The highest BCUT2D eigenvalue weighted by molar-refractivity contribution is 4.97. The minimum atomic E-state index is -0.453. The van der Waals surface area contributed by atoms with Crippen molar-refractivity contribution in [3.05, 3.63) is 12.2 Å². The van der Waals surface area contributed by atoms with E-state index in [-0.39, 0.29) is 0 Å². The minimum Gasteiger partial charge on any atom is -0.390 e. The first-order chi connectivity index (χ1) is 8.12. The Hall–Kier alpha value is -0.300. The molecule has 0 aromatic rings. The first-order valence-corrected chi connectivity index (χ1v) is 7.49. The van der Waals surface area contributed by atoms with E-state index >= 15 is 0 Å². The van der Waals surface area contributed by atoms with Crippen LogP contribution in [0.4, 0.5) is 0 Å². The molecule has 0 aromatic carbocycles. The molecule has 0 spiro atoms. The Labute approximate surface area is 107 Å². The van der Waals surface area contributed by atoms with Gasteiger partial charge in [-0.25, -0.2) is 0 Å². The first-order valence-electron chi connectivity index (χ1n) is 7.49. The summed E-state index contributed by atoms with van der Waals surface area (Å²) in [5.74, 6) is 0. The lowest BCUT2D eigenvalue weighted by Gasteiger charge is -2.29.